The van der Waals surface area contributed by atoms with Crippen LogP contribution in [-0.2, 0) is 0 Å². The Hall–Kier alpha value is -2.37. The van der Waals surface area contributed by atoms with E-state index in [0.717, 1.165) is 17.1 Å². The van der Waals surface area contributed by atoms with Crippen molar-refractivity contribution in [3.8, 4) is 0 Å². The highest BCUT2D eigenvalue weighted by molar-refractivity contribution is 5.95. The molecule has 106 valence electrons. The van der Waals surface area contributed by atoms with Crippen LogP contribution in [0.3, 0.4) is 0 Å². The summed E-state index contributed by atoms with van der Waals surface area (Å²) in [4.78, 5) is 15.6. The number of nitrogen functional groups attached to an aromatic ring is 1. The fraction of sp³-hybridized carbons (Fsp3) is 0.286. The highest BCUT2D eigenvalue weighted by Crippen LogP contribution is 2.22. The largest absolute Gasteiger partial charge is 0.466 e. The van der Waals surface area contributed by atoms with Crippen LogP contribution in [0.25, 0.3) is 0 Å². The van der Waals surface area contributed by atoms with Gasteiger partial charge < -0.3 is 15.5 Å². The predicted octanol–water partition coefficient (Wildman–Crippen LogP) is 2.50. The third kappa shape index (κ3) is 2.64. The second-order valence-electron chi connectivity index (χ2n) is 4.62. The van der Waals surface area contributed by atoms with Gasteiger partial charge in [0, 0.05) is 11.8 Å². The smallest absolute Gasteiger partial charge is 0.254 e. The average molecular weight is 277 g/mol. The lowest BCUT2D eigenvalue weighted by Crippen LogP contribution is -2.28. The summed E-state index contributed by atoms with van der Waals surface area (Å²) in [7, 11) is 0. The number of carbonyl (C=O) groups excluding carboxylic acids is 1. The Morgan fingerprint density at radius 2 is 2.20 bits per heavy atom. The van der Waals surface area contributed by atoms with Gasteiger partial charge in [0.15, 0.2) is 11.6 Å². The molecule has 0 bridgehead atoms. The number of aryl methyl sites for hydroxylation is 2. The average Bonchev–Trinajstić information content (AvgIpc) is 2.71. The summed E-state index contributed by atoms with van der Waals surface area (Å²) in [5, 5.41) is 2.71. The summed E-state index contributed by atoms with van der Waals surface area (Å²) in [6, 6.07) is 2.84. The first-order valence-corrected chi connectivity index (χ1v) is 6.18. The molecule has 2 rings (SSSR count). The van der Waals surface area contributed by atoms with Crippen LogP contribution in [0, 0.1) is 19.7 Å². The molecular formula is C14H16FN3O2. The number of hydrogen-bond acceptors (Lipinski definition) is 4. The number of nitrogens with two attached hydrogens (primary N) is 1. The Bertz CT molecular complexity index is 652. The maximum atomic E-state index is 13.7. The van der Waals surface area contributed by atoms with Gasteiger partial charge in [0.25, 0.3) is 5.91 Å². The van der Waals surface area contributed by atoms with E-state index in [1.165, 1.54) is 12.3 Å². The van der Waals surface area contributed by atoms with Crippen LogP contribution in [0.5, 0.6) is 0 Å². The lowest BCUT2D eigenvalue weighted by molar-refractivity contribution is 0.0935. The molecular weight excluding hydrogens is 261 g/mol. The predicted molar refractivity (Wildman–Crippen MR) is 72.7 cm³/mol. The molecule has 6 heteroatoms. The molecule has 1 unspecified atom stereocenters. The lowest BCUT2D eigenvalue weighted by Gasteiger charge is -2.13. The zero-order valence-electron chi connectivity index (χ0n) is 11.5. The van der Waals surface area contributed by atoms with Gasteiger partial charge in [-0.3, -0.25) is 4.79 Å². The van der Waals surface area contributed by atoms with Gasteiger partial charge in [0.2, 0.25) is 0 Å². The van der Waals surface area contributed by atoms with Gasteiger partial charge in [-0.25, -0.2) is 9.37 Å². The molecule has 0 aromatic carbocycles. The summed E-state index contributed by atoms with van der Waals surface area (Å²) >= 11 is 0. The van der Waals surface area contributed by atoms with E-state index in [4.69, 9.17) is 10.2 Å². The minimum atomic E-state index is -0.808. The van der Waals surface area contributed by atoms with Gasteiger partial charge in [-0.05, 0) is 32.9 Å². The zero-order chi connectivity index (χ0) is 14.9. The van der Waals surface area contributed by atoms with Gasteiger partial charge in [0.05, 0.1) is 11.6 Å². The summed E-state index contributed by atoms with van der Waals surface area (Å²) < 4.78 is 19.1. The maximum Gasteiger partial charge on any atom is 0.254 e. The van der Waals surface area contributed by atoms with E-state index < -0.39 is 11.7 Å². The number of aromatic nitrogens is 1. The first kappa shape index (κ1) is 14.0. The number of furan rings is 1. The van der Waals surface area contributed by atoms with Crippen molar-refractivity contribution < 1.29 is 13.6 Å². The first-order valence-electron chi connectivity index (χ1n) is 6.18. The summed E-state index contributed by atoms with van der Waals surface area (Å²) in [6.07, 6.45) is 1.30. The van der Waals surface area contributed by atoms with Crippen molar-refractivity contribution >= 4 is 11.7 Å². The van der Waals surface area contributed by atoms with Gasteiger partial charge in [0.1, 0.15) is 11.5 Å². The van der Waals surface area contributed by atoms with Gasteiger partial charge in [-0.15, -0.1) is 0 Å². The molecule has 3 N–H and O–H groups in total. The molecule has 2 aromatic heterocycles. The number of halogens is 1. The molecule has 0 spiro atoms. The topological polar surface area (TPSA) is 81.2 Å². The molecule has 0 saturated heterocycles. The Labute approximate surface area is 116 Å². The van der Waals surface area contributed by atoms with E-state index in [1.54, 1.807) is 6.92 Å². The van der Waals surface area contributed by atoms with Crippen molar-refractivity contribution in [3.63, 3.8) is 0 Å². The van der Waals surface area contributed by atoms with E-state index in [2.05, 4.69) is 10.3 Å². The van der Waals surface area contributed by atoms with Crippen molar-refractivity contribution in [2.45, 2.75) is 26.8 Å². The van der Waals surface area contributed by atoms with Crippen molar-refractivity contribution in [1.82, 2.24) is 10.3 Å². The number of nitrogens with one attached hydrogen (secondary N) is 1. The minimum Gasteiger partial charge on any atom is -0.466 e. The lowest BCUT2D eigenvalue weighted by atomic mass is 10.1. The van der Waals surface area contributed by atoms with E-state index in [1.807, 2.05) is 19.9 Å². The summed E-state index contributed by atoms with van der Waals surface area (Å²) in [6.45, 7) is 5.45. The minimum absolute atomic E-state index is 0.123. The highest BCUT2D eigenvalue weighted by atomic mass is 19.1. The SMILES string of the molecule is Cc1cc(C(C)NC(=O)c2ccnc(N)c2F)c(C)o1. The van der Waals surface area contributed by atoms with Crippen molar-refractivity contribution in [2.24, 2.45) is 0 Å². The van der Waals surface area contributed by atoms with Crippen molar-refractivity contribution in [2.75, 3.05) is 5.73 Å². The Kier molecular flexibility index (Phi) is 3.74. The number of amides is 1. The Morgan fingerprint density at radius 1 is 1.50 bits per heavy atom. The van der Waals surface area contributed by atoms with Crippen LogP contribution in [-0.4, -0.2) is 10.9 Å². The molecule has 5 nitrogen and oxygen atoms in total. The van der Waals surface area contributed by atoms with E-state index >= 15 is 0 Å². The Morgan fingerprint density at radius 3 is 2.80 bits per heavy atom. The van der Waals surface area contributed by atoms with E-state index in [0.29, 0.717) is 0 Å². The fourth-order valence-electron chi connectivity index (χ4n) is 2.07. The molecule has 0 radical (unpaired) electrons. The maximum absolute atomic E-state index is 13.7. The normalized spacial score (nSPS) is 12.2. The number of anilines is 1. The molecule has 1 atom stereocenters. The zero-order valence-corrected chi connectivity index (χ0v) is 11.5. The molecule has 2 aromatic rings. The molecule has 1 amide bonds. The second-order valence-corrected chi connectivity index (χ2v) is 4.62. The van der Waals surface area contributed by atoms with Crippen LogP contribution < -0.4 is 11.1 Å². The molecule has 0 aliphatic carbocycles. The number of carbonyl (C=O) groups is 1. The molecule has 0 fully saturated rings. The van der Waals surface area contributed by atoms with E-state index in [9.17, 15) is 9.18 Å². The molecule has 0 aliphatic heterocycles. The Balaban J connectivity index is 2.19. The van der Waals surface area contributed by atoms with Crippen LogP contribution in [0.2, 0.25) is 0 Å². The number of rotatable bonds is 3. The molecule has 0 aliphatic rings. The van der Waals surface area contributed by atoms with Crippen molar-refractivity contribution in [3.05, 3.63) is 46.8 Å². The van der Waals surface area contributed by atoms with Gasteiger partial charge >= 0.3 is 0 Å². The standard InChI is InChI=1S/C14H16FN3O2/c1-7-6-11(9(3)20-7)8(2)18-14(19)10-4-5-17-13(16)12(10)15/h4-6,8H,1-3H3,(H2,16,17)(H,18,19). The number of hydrogen-bond donors (Lipinski definition) is 2. The second kappa shape index (κ2) is 5.32. The van der Waals surface area contributed by atoms with Crippen LogP contribution >= 0.6 is 0 Å². The highest BCUT2D eigenvalue weighted by Gasteiger charge is 2.19. The van der Waals surface area contributed by atoms with Crippen molar-refractivity contribution in [1.29, 1.82) is 0 Å². The summed E-state index contributed by atoms with van der Waals surface area (Å²) in [5.41, 5.74) is 6.08. The number of nitrogens with zero attached hydrogens (tertiary/aromatic N) is 1. The first-order chi connectivity index (χ1) is 9.40. The van der Waals surface area contributed by atoms with Gasteiger partial charge in [-0.1, -0.05) is 0 Å². The van der Waals surface area contributed by atoms with Gasteiger partial charge in [-0.2, -0.15) is 0 Å². The van der Waals surface area contributed by atoms with Crippen LogP contribution in [0.1, 0.15) is 40.4 Å². The van der Waals surface area contributed by atoms with Crippen LogP contribution in [0.15, 0.2) is 22.7 Å². The third-order valence-corrected chi connectivity index (χ3v) is 3.05. The molecule has 2 heterocycles. The molecule has 20 heavy (non-hydrogen) atoms. The monoisotopic (exact) mass is 277 g/mol. The quantitative estimate of drug-likeness (QED) is 0.903. The fourth-order valence-corrected chi connectivity index (χ4v) is 2.07. The number of pyridine rings is 1. The van der Waals surface area contributed by atoms with E-state index in [-0.39, 0.29) is 17.4 Å². The third-order valence-electron chi connectivity index (χ3n) is 3.05. The molecule has 0 saturated carbocycles. The summed E-state index contributed by atoms with van der Waals surface area (Å²) in [5.74, 6) is -0.150. The van der Waals surface area contributed by atoms with Crippen LogP contribution in [0.4, 0.5) is 10.2 Å².